The Balaban J connectivity index is 1.77. The summed E-state index contributed by atoms with van der Waals surface area (Å²) in [6.45, 7) is 0. The number of halogens is 3. The van der Waals surface area contributed by atoms with Crippen molar-refractivity contribution in [2.24, 2.45) is 4.99 Å². The van der Waals surface area contributed by atoms with E-state index in [0.29, 0.717) is 0 Å². The SMILES string of the molecule is COC(=NC(=O)Nc1cc(Cl)c(Oc2ccc([N+](=O)[O-])cc2)c(Cl)c1)c1ccccc1F. The third-order valence-corrected chi connectivity index (χ3v) is 4.58. The fraction of sp³-hybridized carbons (Fsp3) is 0.0476. The van der Waals surface area contributed by atoms with Crippen LogP contribution in [0.5, 0.6) is 11.5 Å². The number of nitro groups is 1. The van der Waals surface area contributed by atoms with Crippen molar-refractivity contribution in [3.05, 3.63) is 92.2 Å². The minimum atomic E-state index is -0.846. The van der Waals surface area contributed by atoms with Gasteiger partial charge in [-0.05, 0) is 36.4 Å². The topological polar surface area (TPSA) is 103 Å². The van der Waals surface area contributed by atoms with Crippen LogP contribution in [0, 0.1) is 15.9 Å². The molecule has 3 aromatic rings. The number of carbonyl (C=O) groups excluding carboxylic acids is 1. The molecule has 164 valence electrons. The first-order valence-electron chi connectivity index (χ1n) is 8.88. The molecule has 0 heterocycles. The summed E-state index contributed by atoms with van der Waals surface area (Å²) in [4.78, 5) is 26.2. The number of hydrogen-bond donors (Lipinski definition) is 1. The molecule has 32 heavy (non-hydrogen) atoms. The molecule has 0 spiro atoms. The molecule has 0 saturated heterocycles. The van der Waals surface area contributed by atoms with E-state index in [2.05, 4.69) is 10.3 Å². The Kier molecular flexibility index (Phi) is 7.24. The summed E-state index contributed by atoms with van der Waals surface area (Å²) in [5.74, 6) is -0.446. The maximum atomic E-state index is 13.9. The number of nitrogens with zero attached hydrogens (tertiary/aromatic N) is 2. The smallest absolute Gasteiger partial charge is 0.348 e. The average molecular weight is 478 g/mol. The first-order valence-corrected chi connectivity index (χ1v) is 9.64. The zero-order valence-electron chi connectivity index (χ0n) is 16.3. The second-order valence-electron chi connectivity index (χ2n) is 6.15. The quantitative estimate of drug-likeness (QED) is 0.196. The number of nitrogens with one attached hydrogen (secondary N) is 1. The highest BCUT2D eigenvalue weighted by atomic mass is 35.5. The Bertz CT molecular complexity index is 1180. The minimum Gasteiger partial charge on any atom is -0.480 e. The van der Waals surface area contributed by atoms with Gasteiger partial charge in [0.25, 0.3) is 5.69 Å². The molecule has 0 atom stereocenters. The van der Waals surface area contributed by atoms with Gasteiger partial charge in [0.15, 0.2) is 5.75 Å². The molecule has 0 aromatic heterocycles. The van der Waals surface area contributed by atoms with Crippen LogP contribution in [0.1, 0.15) is 5.56 Å². The van der Waals surface area contributed by atoms with Crippen molar-refractivity contribution in [2.75, 3.05) is 12.4 Å². The summed E-state index contributed by atoms with van der Waals surface area (Å²) < 4.78 is 24.5. The van der Waals surface area contributed by atoms with E-state index in [9.17, 15) is 19.3 Å². The van der Waals surface area contributed by atoms with Gasteiger partial charge in [-0.25, -0.2) is 9.18 Å². The number of aliphatic imine (C=N–C) groups is 1. The van der Waals surface area contributed by atoms with E-state index in [1.807, 2.05) is 0 Å². The van der Waals surface area contributed by atoms with Crippen molar-refractivity contribution in [1.29, 1.82) is 0 Å². The molecule has 0 radical (unpaired) electrons. The Morgan fingerprint density at radius 2 is 1.72 bits per heavy atom. The Morgan fingerprint density at radius 1 is 1.09 bits per heavy atom. The van der Waals surface area contributed by atoms with Gasteiger partial charge in [0.1, 0.15) is 11.6 Å². The lowest BCUT2D eigenvalue weighted by Gasteiger charge is -2.12. The lowest BCUT2D eigenvalue weighted by Crippen LogP contribution is -2.14. The van der Waals surface area contributed by atoms with Crippen molar-refractivity contribution in [3.63, 3.8) is 0 Å². The number of ether oxygens (including phenoxy) is 2. The van der Waals surface area contributed by atoms with Crippen LogP contribution in [0.2, 0.25) is 10.0 Å². The Labute approximate surface area is 191 Å². The number of nitro benzene ring substituents is 1. The van der Waals surface area contributed by atoms with Crippen molar-refractivity contribution < 1.29 is 23.6 Å². The highest BCUT2D eigenvalue weighted by Crippen LogP contribution is 2.39. The number of amides is 2. The van der Waals surface area contributed by atoms with E-state index in [4.69, 9.17) is 32.7 Å². The van der Waals surface area contributed by atoms with Crippen LogP contribution < -0.4 is 10.1 Å². The summed E-state index contributed by atoms with van der Waals surface area (Å²) >= 11 is 12.4. The Hall–Kier alpha value is -3.69. The van der Waals surface area contributed by atoms with Gasteiger partial charge in [-0.3, -0.25) is 10.1 Å². The van der Waals surface area contributed by atoms with E-state index in [0.717, 1.165) is 0 Å². The number of carbonyl (C=O) groups is 1. The molecule has 0 aliphatic carbocycles. The normalized spacial score (nSPS) is 11.1. The van der Waals surface area contributed by atoms with E-state index >= 15 is 0 Å². The van der Waals surface area contributed by atoms with Gasteiger partial charge in [0, 0.05) is 17.8 Å². The zero-order chi connectivity index (χ0) is 23.3. The Morgan fingerprint density at radius 3 is 2.28 bits per heavy atom. The first kappa shape index (κ1) is 23.0. The van der Waals surface area contributed by atoms with Crippen molar-refractivity contribution in [3.8, 4) is 11.5 Å². The fourth-order valence-corrected chi connectivity index (χ4v) is 3.14. The molecule has 3 rings (SSSR count). The summed E-state index contributed by atoms with van der Waals surface area (Å²) in [7, 11) is 1.26. The van der Waals surface area contributed by atoms with E-state index in [1.54, 1.807) is 6.07 Å². The molecule has 1 N–H and O–H groups in total. The molecule has 3 aromatic carbocycles. The summed E-state index contributed by atoms with van der Waals surface area (Å²) in [6.07, 6.45) is 0. The fourth-order valence-electron chi connectivity index (χ4n) is 2.58. The van der Waals surface area contributed by atoms with Gasteiger partial charge in [-0.15, -0.1) is 0 Å². The zero-order valence-corrected chi connectivity index (χ0v) is 17.9. The lowest BCUT2D eigenvalue weighted by atomic mass is 10.2. The monoisotopic (exact) mass is 477 g/mol. The van der Waals surface area contributed by atoms with Crippen LogP contribution in [-0.2, 0) is 4.74 Å². The molecule has 0 aliphatic rings. The van der Waals surface area contributed by atoms with Crippen LogP contribution in [0.3, 0.4) is 0 Å². The van der Waals surface area contributed by atoms with Crippen molar-refractivity contribution in [2.45, 2.75) is 0 Å². The van der Waals surface area contributed by atoms with E-state index in [1.165, 1.54) is 61.7 Å². The molecule has 0 saturated carbocycles. The number of non-ortho nitro benzene ring substituents is 1. The molecule has 2 amide bonds. The standard InChI is InChI=1S/C21H14Cl2FN3O5/c1-31-20(15-4-2-3-5-18(15)24)26-21(28)25-12-10-16(22)19(17(23)11-12)32-14-8-6-13(7-9-14)27(29)30/h2-11H,1H3,(H,25,28). The number of rotatable bonds is 5. The van der Waals surface area contributed by atoms with Crippen LogP contribution in [0.4, 0.5) is 20.6 Å². The summed E-state index contributed by atoms with van der Waals surface area (Å²) in [5.41, 5.74) is 0.126. The van der Waals surface area contributed by atoms with Gasteiger partial charge >= 0.3 is 6.03 Å². The van der Waals surface area contributed by atoms with E-state index < -0.39 is 16.8 Å². The van der Waals surface area contributed by atoms with Gasteiger partial charge in [0.05, 0.1) is 27.6 Å². The highest BCUT2D eigenvalue weighted by molar-refractivity contribution is 6.37. The predicted octanol–water partition coefficient (Wildman–Crippen LogP) is 6.46. The number of anilines is 1. The van der Waals surface area contributed by atoms with Crippen molar-refractivity contribution >= 4 is 46.5 Å². The van der Waals surface area contributed by atoms with Gasteiger partial charge in [-0.1, -0.05) is 35.3 Å². The highest BCUT2D eigenvalue weighted by Gasteiger charge is 2.15. The minimum absolute atomic E-state index is 0.0214. The van der Waals surface area contributed by atoms with Crippen molar-refractivity contribution in [1.82, 2.24) is 0 Å². The van der Waals surface area contributed by atoms with Gasteiger partial charge in [0.2, 0.25) is 5.90 Å². The first-order chi connectivity index (χ1) is 15.3. The maximum absolute atomic E-state index is 13.9. The molecule has 0 aliphatic heterocycles. The molecule has 0 fully saturated rings. The molecule has 11 heteroatoms. The molecular formula is C21H14Cl2FN3O5. The average Bonchev–Trinajstić information content (AvgIpc) is 2.75. The third-order valence-electron chi connectivity index (χ3n) is 4.02. The van der Waals surface area contributed by atoms with Gasteiger partial charge in [-0.2, -0.15) is 4.99 Å². The van der Waals surface area contributed by atoms with Crippen LogP contribution in [0.25, 0.3) is 0 Å². The van der Waals surface area contributed by atoms with Crippen LogP contribution >= 0.6 is 23.2 Å². The largest absolute Gasteiger partial charge is 0.480 e. The second kappa shape index (κ2) is 10.1. The lowest BCUT2D eigenvalue weighted by molar-refractivity contribution is -0.384. The number of hydrogen-bond acceptors (Lipinski definition) is 5. The molecule has 0 bridgehead atoms. The summed E-state index contributed by atoms with van der Waals surface area (Å²) in [6, 6.07) is 12.9. The second-order valence-corrected chi connectivity index (χ2v) is 6.97. The van der Waals surface area contributed by atoms with Crippen LogP contribution in [0.15, 0.2) is 65.7 Å². The third kappa shape index (κ3) is 5.51. The molecule has 0 unspecified atom stereocenters. The van der Waals surface area contributed by atoms with Crippen LogP contribution in [-0.4, -0.2) is 24.0 Å². The molecule has 8 nitrogen and oxygen atoms in total. The van der Waals surface area contributed by atoms with Gasteiger partial charge < -0.3 is 14.8 Å². The van der Waals surface area contributed by atoms with E-state index in [-0.39, 0.29) is 44.4 Å². The predicted molar refractivity (Wildman–Crippen MR) is 119 cm³/mol. The molecular weight excluding hydrogens is 464 g/mol. The number of benzene rings is 3. The number of methoxy groups -OCH3 is 1. The maximum Gasteiger partial charge on any atom is 0.348 e. The summed E-state index contributed by atoms with van der Waals surface area (Å²) in [5, 5.41) is 13.3. The number of urea groups is 1.